The number of nitrogens with one attached hydrogen (secondary N) is 1. The van der Waals surface area contributed by atoms with E-state index in [0.29, 0.717) is 33.8 Å². The number of ether oxygens (including phenoxy) is 2. The number of anilines is 1. The Labute approximate surface area is 183 Å². The molecule has 0 fully saturated rings. The van der Waals surface area contributed by atoms with Crippen molar-refractivity contribution in [3.63, 3.8) is 0 Å². The minimum Gasteiger partial charge on any atom is -0.490 e. The van der Waals surface area contributed by atoms with Crippen molar-refractivity contribution < 1.29 is 19.1 Å². The summed E-state index contributed by atoms with van der Waals surface area (Å²) in [7, 11) is 0. The normalized spacial score (nSPS) is 10.8. The third-order valence-electron chi connectivity index (χ3n) is 4.22. The summed E-state index contributed by atoms with van der Waals surface area (Å²) in [6, 6.07) is 10.8. The highest BCUT2D eigenvalue weighted by Crippen LogP contribution is 2.37. The average molecular weight is 472 g/mol. The Kier molecular flexibility index (Phi) is 8.01. The fourth-order valence-electron chi connectivity index (χ4n) is 2.61. The van der Waals surface area contributed by atoms with Gasteiger partial charge in [-0.25, -0.2) is 0 Å². The predicted octanol–water partition coefficient (Wildman–Crippen LogP) is 3.87. The van der Waals surface area contributed by atoms with Crippen molar-refractivity contribution in [1.29, 1.82) is 5.26 Å². The van der Waals surface area contributed by atoms with Crippen molar-refractivity contribution in [3.8, 4) is 17.6 Å². The van der Waals surface area contributed by atoms with Crippen LogP contribution in [0.25, 0.3) is 6.08 Å². The lowest BCUT2D eigenvalue weighted by atomic mass is 10.1. The molecule has 0 aliphatic rings. The Morgan fingerprint density at radius 2 is 2.00 bits per heavy atom. The van der Waals surface area contributed by atoms with E-state index in [1.807, 2.05) is 32.0 Å². The van der Waals surface area contributed by atoms with Gasteiger partial charge in [0.2, 0.25) is 0 Å². The van der Waals surface area contributed by atoms with Crippen LogP contribution in [-0.2, 0) is 9.59 Å². The number of primary amides is 1. The molecule has 3 N–H and O–H groups in total. The van der Waals surface area contributed by atoms with Crippen LogP contribution in [0.3, 0.4) is 0 Å². The molecule has 0 heterocycles. The maximum atomic E-state index is 12.6. The molecule has 30 heavy (non-hydrogen) atoms. The molecule has 0 atom stereocenters. The Bertz CT molecular complexity index is 1040. The summed E-state index contributed by atoms with van der Waals surface area (Å²) >= 11 is 3.37. The zero-order chi connectivity index (χ0) is 22.3. The average Bonchev–Trinajstić information content (AvgIpc) is 2.69. The molecule has 0 radical (unpaired) electrons. The molecular formula is C22H22BrN3O4. The van der Waals surface area contributed by atoms with E-state index in [-0.39, 0.29) is 12.2 Å². The van der Waals surface area contributed by atoms with Crippen LogP contribution in [0.1, 0.15) is 23.6 Å². The number of carbonyl (C=O) groups is 2. The van der Waals surface area contributed by atoms with Gasteiger partial charge < -0.3 is 20.5 Å². The molecule has 2 rings (SSSR count). The molecule has 2 aromatic carbocycles. The summed E-state index contributed by atoms with van der Waals surface area (Å²) in [5.41, 5.74) is 8.22. The second-order valence-corrected chi connectivity index (χ2v) is 7.24. The first-order valence-corrected chi connectivity index (χ1v) is 9.92. The first-order valence-electron chi connectivity index (χ1n) is 9.13. The minimum absolute atomic E-state index is 0.0731. The zero-order valence-corrected chi connectivity index (χ0v) is 18.5. The third kappa shape index (κ3) is 5.84. The number of nitrogens with zero attached hydrogens (tertiary/aromatic N) is 1. The molecule has 0 unspecified atom stereocenters. The van der Waals surface area contributed by atoms with Crippen molar-refractivity contribution in [2.24, 2.45) is 5.73 Å². The quantitative estimate of drug-likeness (QED) is 0.447. The largest absolute Gasteiger partial charge is 0.490 e. The standard InChI is InChI=1S/C22H22BrN3O4/c1-4-29-19-10-15(9-17(23)21(19)30-12-20(25)27)8-16(11-24)22(28)26-18-7-5-6-13(2)14(18)3/h5-10H,4,12H2,1-3H3,(H2,25,27)(H,26,28)/b16-8+. The highest BCUT2D eigenvalue weighted by Gasteiger charge is 2.15. The maximum absolute atomic E-state index is 12.6. The summed E-state index contributed by atoms with van der Waals surface area (Å²) < 4.78 is 11.5. The first kappa shape index (κ1) is 23.0. The zero-order valence-electron chi connectivity index (χ0n) is 16.9. The Morgan fingerprint density at radius 3 is 2.63 bits per heavy atom. The van der Waals surface area contributed by atoms with E-state index in [4.69, 9.17) is 15.2 Å². The van der Waals surface area contributed by atoms with Crippen LogP contribution in [0.15, 0.2) is 40.4 Å². The van der Waals surface area contributed by atoms with Crippen LogP contribution in [0.2, 0.25) is 0 Å². The van der Waals surface area contributed by atoms with Crippen LogP contribution < -0.4 is 20.5 Å². The third-order valence-corrected chi connectivity index (χ3v) is 4.81. The van der Waals surface area contributed by atoms with Gasteiger partial charge in [0.25, 0.3) is 11.8 Å². The van der Waals surface area contributed by atoms with Crippen molar-refractivity contribution in [1.82, 2.24) is 0 Å². The van der Waals surface area contributed by atoms with Crippen molar-refractivity contribution in [2.75, 3.05) is 18.5 Å². The summed E-state index contributed by atoms with van der Waals surface area (Å²) in [6.07, 6.45) is 1.45. The number of halogens is 1. The van der Waals surface area contributed by atoms with Gasteiger partial charge in [-0.1, -0.05) is 12.1 Å². The van der Waals surface area contributed by atoms with Crippen molar-refractivity contribution in [2.45, 2.75) is 20.8 Å². The highest BCUT2D eigenvalue weighted by atomic mass is 79.9. The van der Waals surface area contributed by atoms with E-state index in [1.165, 1.54) is 6.08 Å². The number of hydrogen-bond donors (Lipinski definition) is 2. The van der Waals surface area contributed by atoms with Crippen LogP contribution in [0.5, 0.6) is 11.5 Å². The summed E-state index contributed by atoms with van der Waals surface area (Å²) in [5, 5.41) is 12.3. The lowest BCUT2D eigenvalue weighted by Crippen LogP contribution is -2.20. The Balaban J connectivity index is 2.36. The molecule has 7 nitrogen and oxygen atoms in total. The van der Waals surface area contributed by atoms with E-state index in [9.17, 15) is 14.9 Å². The van der Waals surface area contributed by atoms with Crippen LogP contribution in [0.4, 0.5) is 5.69 Å². The first-order chi connectivity index (χ1) is 14.3. The van der Waals surface area contributed by atoms with Gasteiger partial charge in [-0.2, -0.15) is 5.26 Å². The number of carbonyl (C=O) groups excluding carboxylic acids is 2. The lowest BCUT2D eigenvalue weighted by Gasteiger charge is -2.14. The van der Waals surface area contributed by atoms with Gasteiger partial charge in [-0.05, 0) is 77.7 Å². The number of aryl methyl sites for hydroxylation is 1. The smallest absolute Gasteiger partial charge is 0.266 e. The molecule has 0 spiro atoms. The molecule has 0 aromatic heterocycles. The molecule has 0 saturated carbocycles. The Hall–Kier alpha value is -3.31. The van der Waals surface area contributed by atoms with Gasteiger partial charge >= 0.3 is 0 Å². The molecule has 0 bridgehead atoms. The molecule has 0 aliphatic heterocycles. The van der Waals surface area contributed by atoms with Gasteiger partial charge in [0.15, 0.2) is 18.1 Å². The van der Waals surface area contributed by atoms with Crippen LogP contribution >= 0.6 is 15.9 Å². The summed E-state index contributed by atoms with van der Waals surface area (Å²) in [4.78, 5) is 23.7. The van der Waals surface area contributed by atoms with Gasteiger partial charge in [-0.15, -0.1) is 0 Å². The molecule has 156 valence electrons. The fourth-order valence-corrected chi connectivity index (χ4v) is 3.18. The molecule has 0 saturated heterocycles. The monoisotopic (exact) mass is 471 g/mol. The van der Waals surface area contributed by atoms with E-state index in [2.05, 4.69) is 21.2 Å². The van der Waals surface area contributed by atoms with Crippen LogP contribution in [0, 0.1) is 25.2 Å². The van der Waals surface area contributed by atoms with Crippen molar-refractivity contribution in [3.05, 3.63) is 57.1 Å². The summed E-state index contributed by atoms with van der Waals surface area (Å²) in [5.74, 6) is -0.477. The van der Waals surface area contributed by atoms with Gasteiger partial charge in [-0.3, -0.25) is 9.59 Å². The van der Waals surface area contributed by atoms with Gasteiger partial charge in [0.05, 0.1) is 11.1 Å². The van der Waals surface area contributed by atoms with E-state index in [0.717, 1.165) is 11.1 Å². The lowest BCUT2D eigenvalue weighted by molar-refractivity contribution is -0.120. The molecular weight excluding hydrogens is 450 g/mol. The SMILES string of the molecule is CCOc1cc(/C=C(\C#N)C(=O)Nc2cccc(C)c2C)cc(Br)c1OCC(N)=O. The summed E-state index contributed by atoms with van der Waals surface area (Å²) in [6.45, 7) is 5.69. The molecule has 2 amide bonds. The topological polar surface area (TPSA) is 114 Å². The van der Waals surface area contributed by atoms with Crippen LogP contribution in [-0.4, -0.2) is 25.0 Å². The predicted molar refractivity (Wildman–Crippen MR) is 118 cm³/mol. The second kappa shape index (κ2) is 10.5. The van der Waals surface area contributed by atoms with Gasteiger partial charge in [0, 0.05) is 5.69 Å². The van der Waals surface area contributed by atoms with Gasteiger partial charge in [0.1, 0.15) is 11.6 Å². The highest BCUT2D eigenvalue weighted by molar-refractivity contribution is 9.10. The maximum Gasteiger partial charge on any atom is 0.266 e. The number of rotatable bonds is 8. The number of nitrogens with two attached hydrogens (primary N) is 1. The molecule has 8 heteroatoms. The molecule has 0 aliphatic carbocycles. The number of nitriles is 1. The number of hydrogen-bond acceptors (Lipinski definition) is 5. The van der Waals surface area contributed by atoms with E-state index in [1.54, 1.807) is 25.1 Å². The number of amides is 2. The van der Waals surface area contributed by atoms with E-state index >= 15 is 0 Å². The minimum atomic E-state index is -0.622. The molecule has 2 aromatic rings. The fraction of sp³-hybridized carbons (Fsp3) is 0.227. The van der Waals surface area contributed by atoms with Crippen molar-refractivity contribution >= 4 is 39.5 Å². The van der Waals surface area contributed by atoms with E-state index < -0.39 is 11.8 Å². The second-order valence-electron chi connectivity index (χ2n) is 6.39. The number of benzene rings is 2. The Morgan fingerprint density at radius 1 is 1.27 bits per heavy atom.